The van der Waals surface area contributed by atoms with Crippen LogP contribution in [0.4, 0.5) is 36.8 Å². The lowest BCUT2D eigenvalue weighted by Crippen LogP contribution is -2.33. The first-order valence-electron chi connectivity index (χ1n) is 7.90. The van der Waals surface area contributed by atoms with Crippen LogP contribution in [0, 0.1) is 5.92 Å². The summed E-state index contributed by atoms with van der Waals surface area (Å²) < 4.78 is 76.6. The van der Waals surface area contributed by atoms with Crippen molar-refractivity contribution in [2.75, 3.05) is 11.9 Å². The molecule has 3 nitrogen and oxygen atoms in total. The molecule has 0 atom stereocenters. The first kappa shape index (κ1) is 19.4. The topological polar surface area (TPSA) is 41.1 Å². The summed E-state index contributed by atoms with van der Waals surface area (Å²) in [6.45, 7) is 0.344. The van der Waals surface area contributed by atoms with Crippen LogP contribution in [-0.4, -0.2) is 12.6 Å². The molecule has 0 unspecified atom stereocenters. The summed E-state index contributed by atoms with van der Waals surface area (Å²) in [4.78, 5) is 11.8. The van der Waals surface area contributed by atoms with E-state index in [2.05, 4.69) is 10.6 Å². The van der Waals surface area contributed by atoms with Gasteiger partial charge in [0.05, 0.1) is 11.1 Å². The van der Waals surface area contributed by atoms with Crippen molar-refractivity contribution in [3.63, 3.8) is 0 Å². The smallest absolute Gasteiger partial charge is 0.338 e. The molecule has 2 N–H and O–H groups in total. The SMILES string of the molecule is O=C(NCC1CCCCC1)Nc1cc(C(F)(F)F)cc(C(F)(F)F)c1. The summed E-state index contributed by atoms with van der Waals surface area (Å²) in [5.74, 6) is 0.284. The van der Waals surface area contributed by atoms with Crippen LogP contribution in [0.15, 0.2) is 18.2 Å². The molecule has 140 valence electrons. The molecule has 0 radical (unpaired) electrons. The van der Waals surface area contributed by atoms with Gasteiger partial charge in [0, 0.05) is 12.2 Å². The van der Waals surface area contributed by atoms with E-state index in [1.165, 1.54) is 0 Å². The summed E-state index contributed by atoms with van der Waals surface area (Å²) in [7, 11) is 0. The first-order valence-corrected chi connectivity index (χ1v) is 7.90. The second-order valence-electron chi connectivity index (χ2n) is 6.13. The average Bonchev–Trinajstić information content (AvgIpc) is 2.52. The number of hydrogen-bond donors (Lipinski definition) is 2. The number of carbonyl (C=O) groups excluding carboxylic acids is 1. The number of rotatable bonds is 3. The fourth-order valence-electron chi connectivity index (χ4n) is 2.83. The minimum atomic E-state index is -4.95. The molecule has 25 heavy (non-hydrogen) atoms. The molecule has 1 fully saturated rings. The van der Waals surface area contributed by atoms with E-state index in [1.807, 2.05) is 0 Å². The van der Waals surface area contributed by atoms with Crippen LogP contribution < -0.4 is 10.6 Å². The predicted octanol–water partition coefficient (Wildman–Crippen LogP) is 5.43. The van der Waals surface area contributed by atoms with Crippen molar-refractivity contribution in [1.82, 2.24) is 5.32 Å². The zero-order chi connectivity index (χ0) is 18.7. The molecule has 0 aliphatic heterocycles. The third-order valence-electron chi connectivity index (χ3n) is 4.12. The Labute approximate surface area is 140 Å². The highest BCUT2D eigenvalue weighted by Crippen LogP contribution is 2.37. The first-order chi connectivity index (χ1) is 11.6. The molecule has 0 bridgehead atoms. The van der Waals surface area contributed by atoms with Gasteiger partial charge in [-0.3, -0.25) is 0 Å². The second kappa shape index (κ2) is 7.53. The van der Waals surface area contributed by atoms with Gasteiger partial charge in [-0.15, -0.1) is 0 Å². The Morgan fingerprint density at radius 3 is 1.92 bits per heavy atom. The molecule has 0 saturated heterocycles. The van der Waals surface area contributed by atoms with Crippen molar-refractivity contribution in [2.45, 2.75) is 44.5 Å². The number of benzene rings is 1. The standard InChI is InChI=1S/C16H18F6N2O/c17-15(18,19)11-6-12(16(20,21)22)8-13(7-11)24-14(25)23-9-10-4-2-1-3-5-10/h6-8,10H,1-5,9H2,(H2,23,24,25). The van der Waals surface area contributed by atoms with Gasteiger partial charge in [-0.2, -0.15) is 26.3 Å². The van der Waals surface area contributed by atoms with E-state index < -0.39 is 35.2 Å². The Hall–Kier alpha value is -1.93. The third kappa shape index (κ3) is 5.82. The number of alkyl halides is 6. The van der Waals surface area contributed by atoms with Gasteiger partial charge >= 0.3 is 18.4 Å². The van der Waals surface area contributed by atoms with Crippen LogP contribution in [-0.2, 0) is 12.4 Å². The van der Waals surface area contributed by atoms with E-state index in [-0.39, 0.29) is 12.0 Å². The van der Waals surface area contributed by atoms with E-state index in [0.29, 0.717) is 18.7 Å². The summed E-state index contributed by atoms with van der Waals surface area (Å²) in [6.07, 6.45) is -4.77. The molecule has 9 heteroatoms. The van der Waals surface area contributed by atoms with Crippen LogP contribution >= 0.6 is 0 Å². The van der Waals surface area contributed by atoms with E-state index in [0.717, 1.165) is 32.1 Å². The number of carbonyl (C=O) groups is 1. The molecular weight excluding hydrogens is 350 g/mol. The highest BCUT2D eigenvalue weighted by atomic mass is 19.4. The largest absolute Gasteiger partial charge is 0.416 e. The Balaban J connectivity index is 2.07. The molecule has 2 rings (SSSR count). The molecule has 0 aromatic heterocycles. The monoisotopic (exact) mass is 368 g/mol. The van der Waals surface area contributed by atoms with E-state index >= 15 is 0 Å². The Morgan fingerprint density at radius 1 is 0.920 bits per heavy atom. The van der Waals surface area contributed by atoms with Crippen molar-refractivity contribution in [3.05, 3.63) is 29.3 Å². The van der Waals surface area contributed by atoms with Gasteiger partial charge < -0.3 is 10.6 Å². The molecule has 2 amide bonds. The number of nitrogens with one attached hydrogen (secondary N) is 2. The van der Waals surface area contributed by atoms with E-state index in [1.54, 1.807) is 0 Å². The molecule has 0 spiro atoms. The number of halogens is 6. The number of hydrogen-bond acceptors (Lipinski definition) is 1. The van der Waals surface area contributed by atoms with Gasteiger partial charge in [0.15, 0.2) is 0 Å². The van der Waals surface area contributed by atoms with Crippen molar-refractivity contribution < 1.29 is 31.1 Å². The van der Waals surface area contributed by atoms with Crippen LogP contribution in [0.25, 0.3) is 0 Å². The highest BCUT2D eigenvalue weighted by molar-refractivity contribution is 5.89. The van der Waals surface area contributed by atoms with Gasteiger partial charge in [0.2, 0.25) is 0 Å². The number of anilines is 1. The lowest BCUT2D eigenvalue weighted by Gasteiger charge is -2.22. The van der Waals surface area contributed by atoms with Gasteiger partial charge in [0.25, 0.3) is 0 Å². The molecular formula is C16H18F6N2O. The molecule has 1 aliphatic rings. The predicted molar refractivity (Wildman–Crippen MR) is 80.0 cm³/mol. The number of amides is 2. The zero-order valence-corrected chi connectivity index (χ0v) is 13.2. The van der Waals surface area contributed by atoms with Crippen LogP contribution in [0.5, 0.6) is 0 Å². The van der Waals surface area contributed by atoms with Crippen LogP contribution in [0.3, 0.4) is 0 Å². The maximum Gasteiger partial charge on any atom is 0.416 e. The van der Waals surface area contributed by atoms with E-state index in [4.69, 9.17) is 0 Å². The minimum absolute atomic E-state index is 0.0190. The number of urea groups is 1. The van der Waals surface area contributed by atoms with Gasteiger partial charge in [0.1, 0.15) is 0 Å². The fraction of sp³-hybridized carbons (Fsp3) is 0.562. The Bertz CT molecular complexity index is 573. The quantitative estimate of drug-likeness (QED) is 0.687. The maximum atomic E-state index is 12.8. The lowest BCUT2D eigenvalue weighted by molar-refractivity contribution is -0.143. The van der Waals surface area contributed by atoms with E-state index in [9.17, 15) is 31.1 Å². The van der Waals surface area contributed by atoms with Crippen LogP contribution in [0.1, 0.15) is 43.2 Å². The maximum absolute atomic E-state index is 12.8. The van der Waals surface area contributed by atoms with Crippen molar-refractivity contribution >= 4 is 11.7 Å². The molecule has 1 aromatic carbocycles. The van der Waals surface area contributed by atoms with Gasteiger partial charge in [-0.25, -0.2) is 4.79 Å². The molecule has 1 aliphatic carbocycles. The summed E-state index contributed by atoms with van der Waals surface area (Å²) >= 11 is 0. The molecule has 1 aromatic rings. The minimum Gasteiger partial charge on any atom is -0.338 e. The Kier molecular flexibility index (Phi) is 5.84. The fourth-order valence-corrected chi connectivity index (χ4v) is 2.83. The average molecular weight is 368 g/mol. The van der Waals surface area contributed by atoms with Gasteiger partial charge in [-0.05, 0) is 37.0 Å². The third-order valence-corrected chi connectivity index (χ3v) is 4.12. The lowest BCUT2D eigenvalue weighted by atomic mass is 9.89. The second-order valence-corrected chi connectivity index (χ2v) is 6.13. The Morgan fingerprint density at radius 2 is 1.44 bits per heavy atom. The normalized spacial score (nSPS) is 16.6. The van der Waals surface area contributed by atoms with Crippen molar-refractivity contribution in [1.29, 1.82) is 0 Å². The van der Waals surface area contributed by atoms with Crippen LogP contribution in [0.2, 0.25) is 0 Å². The summed E-state index contributed by atoms with van der Waals surface area (Å²) in [5, 5.41) is 4.56. The zero-order valence-electron chi connectivity index (χ0n) is 13.2. The van der Waals surface area contributed by atoms with Crippen molar-refractivity contribution in [3.8, 4) is 0 Å². The summed E-state index contributed by atoms with van der Waals surface area (Å²) in [6, 6.07) is 0.161. The highest BCUT2D eigenvalue weighted by Gasteiger charge is 2.37. The van der Waals surface area contributed by atoms with Gasteiger partial charge in [-0.1, -0.05) is 19.3 Å². The van der Waals surface area contributed by atoms with Crippen molar-refractivity contribution in [2.24, 2.45) is 5.92 Å². The summed E-state index contributed by atoms with van der Waals surface area (Å²) in [5.41, 5.74) is -3.49. The molecule has 1 saturated carbocycles. The molecule has 0 heterocycles.